The average molecular weight is 273 g/mol. The highest BCUT2D eigenvalue weighted by atomic mass is 16.1. The Hall–Kier alpha value is -1.68. The minimum Gasteiger partial charge on any atom is -0.328 e. The number of aromatic nitrogens is 2. The van der Waals surface area contributed by atoms with E-state index < -0.39 is 0 Å². The van der Waals surface area contributed by atoms with Gasteiger partial charge in [0.05, 0.1) is 23.5 Å². The summed E-state index contributed by atoms with van der Waals surface area (Å²) in [6.45, 7) is 4.99. The van der Waals surface area contributed by atoms with E-state index in [0.717, 1.165) is 42.7 Å². The maximum Gasteiger partial charge on any atom is 0.157 e. The Morgan fingerprint density at radius 3 is 2.80 bits per heavy atom. The molecule has 4 nitrogen and oxygen atoms in total. The molecule has 1 unspecified atom stereocenters. The number of fused-ring (bicyclic) bond motifs is 1. The number of aryl methyl sites for hydroxylation is 1. The first-order valence-electron chi connectivity index (χ1n) is 7.39. The molecule has 4 heteroatoms. The van der Waals surface area contributed by atoms with E-state index >= 15 is 0 Å². The van der Waals surface area contributed by atoms with Crippen LogP contribution in [0.2, 0.25) is 0 Å². The number of benzene rings is 1. The van der Waals surface area contributed by atoms with Crippen molar-refractivity contribution in [1.29, 1.82) is 0 Å². The van der Waals surface area contributed by atoms with Gasteiger partial charge >= 0.3 is 0 Å². The number of carbonyl (C=O) groups excluding carboxylic acids is 1. The number of carbonyl (C=O) groups is 1. The van der Waals surface area contributed by atoms with Gasteiger partial charge in [0.1, 0.15) is 5.82 Å². The van der Waals surface area contributed by atoms with E-state index in [0.29, 0.717) is 6.42 Å². The third kappa shape index (κ3) is 3.07. The van der Waals surface area contributed by atoms with E-state index in [1.54, 1.807) is 0 Å². The van der Waals surface area contributed by atoms with Crippen molar-refractivity contribution in [2.75, 3.05) is 0 Å². The lowest BCUT2D eigenvalue weighted by atomic mass is 10.0. The summed E-state index contributed by atoms with van der Waals surface area (Å²) in [7, 11) is 0. The molecule has 108 valence electrons. The Balaban J connectivity index is 2.18. The maximum absolute atomic E-state index is 12.2. The maximum atomic E-state index is 12.2. The van der Waals surface area contributed by atoms with E-state index in [-0.39, 0.29) is 11.8 Å². The number of Topliss-reactive ketones (excluding diaryl/α,β-unsaturated/α-hetero) is 1. The van der Waals surface area contributed by atoms with Gasteiger partial charge in [-0.2, -0.15) is 0 Å². The molecule has 0 aliphatic heterocycles. The third-order valence-electron chi connectivity index (χ3n) is 3.66. The standard InChI is InChI=1S/C16H23N3O/c1-3-5-8-12(17)15(20)11-16-18-13-9-6-7-10-14(13)19(16)4-2/h6-7,9-10,12H,3-5,8,11,17H2,1-2H3. The SMILES string of the molecule is CCCCC(N)C(=O)Cc1nc2ccccc2n1CC. The predicted octanol–water partition coefficient (Wildman–Crippen LogP) is 2.69. The molecule has 0 aliphatic rings. The van der Waals surface area contributed by atoms with E-state index in [9.17, 15) is 4.79 Å². The first-order chi connectivity index (χ1) is 9.67. The molecule has 20 heavy (non-hydrogen) atoms. The number of imidazole rings is 1. The van der Waals surface area contributed by atoms with Gasteiger partial charge in [-0.15, -0.1) is 0 Å². The van der Waals surface area contributed by atoms with Crippen molar-refractivity contribution >= 4 is 16.8 Å². The number of rotatable bonds is 7. The highest BCUT2D eigenvalue weighted by molar-refractivity contribution is 5.86. The summed E-state index contributed by atoms with van der Waals surface area (Å²) in [5.74, 6) is 0.911. The van der Waals surface area contributed by atoms with Crippen LogP contribution in [0.15, 0.2) is 24.3 Å². The predicted molar refractivity (Wildman–Crippen MR) is 81.6 cm³/mol. The first-order valence-corrected chi connectivity index (χ1v) is 7.39. The van der Waals surface area contributed by atoms with Gasteiger partial charge in [-0.1, -0.05) is 31.9 Å². The van der Waals surface area contributed by atoms with Gasteiger partial charge in [0.2, 0.25) is 0 Å². The lowest BCUT2D eigenvalue weighted by molar-refractivity contribution is -0.119. The summed E-state index contributed by atoms with van der Waals surface area (Å²) in [5, 5.41) is 0. The van der Waals surface area contributed by atoms with E-state index in [1.807, 2.05) is 24.3 Å². The lowest BCUT2D eigenvalue weighted by Crippen LogP contribution is -2.32. The molecule has 2 rings (SSSR count). The fourth-order valence-corrected chi connectivity index (χ4v) is 2.49. The van der Waals surface area contributed by atoms with Crippen LogP contribution in [0.5, 0.6) is 0 Å². The van der Waals surface area contributed by atoms with Crippen LogP contribution in [0.25, 0.3) is 11.0 Å². The average Bonchev–Trinajstić information content (AvgIpc) is 2.81. The number of nitrogens with zero attached hydrogens (tertiary/aromatic N) is 2. The fourth-order valence-electron chi connectivity index (χ4n) is 2.49. The molecule has 0 fully saturated rings. The lowest BCUT2D eigenvalue weighted by Gasteiger charge is -2.10. The summed E-state index contributed by atoms with van der Waals surface area (Å²) in [6, 6.07) is 7.62. The zero-order valence-electron chi connectivity index (χ0n) is 12.3. The summed E-state index contributed by atoms with van der Waals surface area (Å²) in [6.07, 6.45) is 3.15. The molecule has 1 aromatic carbocycles. The molecule has 1 aromatic heterocycles. The van der Waals surface area contributed by atoms with Crippen molar-refractivity contribution in [2.45, 2.75) is 52.1 Å². The molecular weight excluding hydrogens is 250 g/mol. The van der Waals surface area contributed by atoms with Gasteiger partial charge in [0.25, 0.3) is 0 Å². The minimum absolute atomic E-state index is 0.0865. The van der Waals surface area contributed by atoms with Crippen LogP contribution in [0.3, 0.4) is 0 Å². The topological polar surface area (TPSA) is 60.9 Å². The molecule has 2 aromatic rings. The number of unbranched alkanes of at least 4 members (excludes halogenated alkanes) is 1. The van der Waals surface area contributed by atoms with Crippen molar-refractivity contribution in [3.8, 4) is 0 Å². The Kier molecular flexibility index (Phi) is 4.90. The highest BCUT2D eigenvalue weighted by Crippen LogP contribution is 2.17. The zero-order chi connectivity index (χ0) is 14.5. The molecule has 0 radical (unpaired) electrons. The number of para-hydroxylation sites is 2. The van der Waals surface area contributed by atoms with Crippen molar-refractivity contribution in [1.82, 2.24) is 9.55 Å². The number of hydrogen-bond acceptors (Lipinski definition) is 3. The fraction of sp³-hybridized carbons (Fsp3) is 0.500. The van der Waals surface area contributed by atoms with Crippen molar-refractivity contribution in [3.63, 3.8) is 0 Å². The molecule has 0 aliphatic carbocycles. The third-order valence-corrected chi connectivity index (χ3v) is 3.66. The smallest absolute Gasteiger partial charge is 0.157 e. The van der Waals surface area contributed by atoms with Crippen LogP contribution in [0.1, 0.15) is 38.9 Å². The Bertz CT molecular complexity index is 588. The summed E-state index contributed by atoms with van der Waals surface area (Å²) in [5.41, 5.74) is 7.98. The normalized spacial score (nSPS) is 12.8. The summed E-state index contributed by atoms with van der Waals surface area (Å²) < 4.78 is 2.10. The molecule has 0 saturated carbocycles. The molecule has 2 N–H and O–H groups in total. The molecule has 0 spiro atoms. The second-order valence-corrected chi connectivity index (χ2v) is 5.15. The van der Waals surface area contributed by atoms with E-state index in [4.69, 9.17) is 5.73 Å². The van der Waals surface area contributed by atoms with E-state index in [1.165, 1.54) is 0 Å². The van der Waals surface area contributed by atoms with Crippen LogP contribution in [-0.2, 0) is 17.8 Å². The second-order valence-electron chi connectivity index (χ2n) is 5.15. The first kappa shape index (κ1) is 14.7. The van der Waals surface area contributed by atoms with Crippen LogP contribution < -0.4 is 5.73 Å². The highest BCUT2D eigenvalue weighted by Gasteiger charge is 2.17. The van der Waals surface area contributed by atoms with Gasteiger partial charge in [-0.05, 0) is 25.5 Å². The van der Waals surface area contributed by atoms with Crippen molar-refractivity contribution in [2.24, 2.45) is 5.73 Å². The zero-order valence-corrected chi connectivity index (χ0v) is 12.3. The molecule has 0 amide bonds. The van der Waals surface area contributed by atoms with Gasteiger partial charge in [0.15, 0.2) is 5.78 Å². The molecule has 1 heterocycles. The van der Waals surface area contributed by atoms with Crippen molar-refractivity contribution in [3.05, 3.63) is 30.1 Å². The van der Waals surface area contributed by atoms with Crippen molar-refractivity contribution < 1.29 is 4.79 Å². The summed E-state index contributed by atoms with van der Waals surface area (Å²) >= 11 is 0. The molecule has 0 bridgehead atoms. The van der Waals surface area contributed by atoms with Crippen LogP contribution in [-0.4, -0.2) is 21.4 Å². The molecule has 0 saturated heterocycles. The van der Waals surface area contributed by atoms with Crippen LogP contribution in [0, 0.1) is 0 Å². The van der Waals surface area contributed by atoms with Crippen LogP contribution in [0.4, 0.5) is 0 Å². The largest absolute Gasteiger partial charge is 0.328 e. The molecular formula is C16H23N3O. The van der Waals surface area contributed by atoms with Gasteiger partial charge in [-0.3, -0.25) is 4.79 Å². The van der Waals surface area contributed by atoms with Gasteiger partial charge in [0, 0.05) is 6.54 Å². The Morgan fingerprint density at radius 2 is 2.10 bits per heavy atom. The monoisotopic (exact) mass is 273 g/mol. The minimum atomic E-state index is -0.361. The van der Waals surface area contributed by atoms with E-state index in [2.05, 4.69) is 23.4 Å². The Labute approximate surface area is 120 Å². The molecule has 1 atom stereocenters. The number of hydrogen-bond donors (Lipinski definition) is 1. The summed E-state index contributed by atoms with van der Waals surface area (Å²) in [4.78, 5) is 16.8. The number of nitrogens with two attached hydrogens (primary N) is 1. The van der Waals surface area contributed by atoms with Gasteiger partial charge in [-0.25, -0.2) is 4.98 Å². The Morgan fingerprint density at radius 1 is 1.35 bits per heavy atom. The number of ketones is 1. The van der Waals surface area contributed by atoms with Gasteiger partial charge < -0.3 is 10.3 Å². The second kappa shape index (κ2) is 6.66. The van der Waals surface area contributed by atoms with Crippen LogP contribution >= 0.6 is 0 Å². The quantitative estimate of drug-likeness (QED) is 0.843.